The van der Waals surface area contributed by atoms with Crippen LogP contribution >= 0.6 is 0 Å². The summed E-state index contributed by atoms with van der Waals surface area (Å²) in [6.07, 6.45) is 5.32. The van der Waals surface area contributed by atoms with Gasteiger partial charge in [-0.1, -0.05) is 91.3 Å². The minimum Gasteiger partial charge on any atom is -0.397 e. The van der Waals surface area contributed by atoms with Crippen LogP contribution in [0.2, 0.25) is 0 Å². The predicted octanol–water partition coefficient (Wildman–Crippen LogP) is 7.29. The number of benzene rings is 4. The number of carbonyl (C=O) groups is 2. The summed E-state index contributed by atoms with van der Waals surface area (Å²) in [5.41, 5.74) is 13.1. The highest BCUT2D eigenvalue weighted by Crippen LogP contribution is 2.39. The normalized spacial score (nSPS) is 20.1. The van der Waals surface area contributed by atoms with Gasteiger partial charge in [0, 0.05) is 51.1 Å². The van der Waals surface area contributed by atoms with Crippen LogP contribution in [0.15, 0.2) is 97.1 Å². The number of nitrogen functional groups attached to an aromatic ring is 1. The summed E-state index contributed by atoms with van der Waals surface area (Å²) in [5.74, 6) is -0.0842. The molecule has 4 aromatic rings. The monoisotopic (exact) mass is 734 g/mol. The van der Waals surface area contributed by atoms with Crippen LogP contribution in [-0.4, -0.2) is 60.8 Å². The van der Waals surface area contributed by atoms with E-state index in [0.29, 0.717) is 49.6 Å². The standard InChI is InChI=1S/C44H54N4O6/c1-52-30-36-11-9-25-48(36)28-37-26-41(33-19-17-31(29-49)18-20-33)54-44(53-37)34-23-21-32(22-24-34)38-12-6-5-10-35(38)27-46-42(50)15-3-2-4-16-43(51)47-40-14-8-7-13-39(40)45/h5-8,10,12-14,17-24,36-37,41,44,49H,2-4,9,11,15-16,25-30,45H2,1H3,(H,46,50)(H,47,51). The smallest absolute Gasteiger partial charge is 0.224 e. The third kappa shape index (κ3) is 10.8. The lowest BCUT2D eigenvalue weighted by atomic mass is 9.97. The highest BCUT2D eigenvalue weighted by Gasteiger charge is 2.35. The van der Waals surface area contributed by atoms with Crippen LogP contribution < -0.4 is 16.4 Å². The van der Waals surface area contributed by atoms with Crippen molar-refractivity contribution in [2.45, 2.75) is 89.1 Å². The molecule has 2 aliphatic rings. The third-order valence-electron chi connectivity index (χ3n) is 10.4. The van der Waals surface area contributed by atoms with Gasteiger partial charge in [-0.3, -0.25) is 14.5 Å². The van der Waals surface area contributed by atoms with E-state index >= 15 is 0 Å². The van der Waals surface area contributed by atoms with Crippen LogP contribution in [0.4, 0.5) is 11.4 Å². The molecule has 4 atom stereocenters. The Labute approximate surface area is 319 Å². The number of methoxy groups -OCH3 is 1. The number of amides is 2. The van der Waals surface area contributed by atoms with E-state index in [1.807, 2.05) is 54.6 Å². The summed E-state index contributed by atoms with van der Waals surface area (Å²) in [4.78, 5) is 27.5. The largest absolute Gasteiger partial charge is 0.397 e. The fraction of sp³-hybridized carbons (Fsp3) is 0.409. The fourth-order valence-corrected chi connectivity index (χ4v) is 7.44. The minimum atomic E-state index is -0.532. The van der Waals surface area contributed by atoms with Gasteiger partial charge in [0.15, 0.2) is 6.29 Å². The molecule has 0 spiro atoms. The molecule has 5 N–H and O–H groups in total. The molecule has 6 rings (SSSR count). The van der Waals surface area contributed by atoms with Crippen molar-refractivity contribution in [3.8, 4) is 11.1 Å². The number of ether oxygens (including phenoxy) is 3. The van der Waals surface area contributed by atoms with E-state index in [4.69, 9.17) is 19.9 Å². The van der Waals surface area contributed by atoms with Crippen molar-refractivity contribution in [2.75, 3.05) is 37.9 Å². The zero-order chi connectivity index (χ0) is 37.7. The van der Waals surface area contributed by atoms with Crippen molar-refractivity contribution < 1.29 is 28.9 Å². The Morgan fingerprint density at radius 3 is 2.35 bits per heavy atom. The number of nitrogens with zero attached hydrogens (tertiary/aromatic N) is 1. The lowest BCUT2D eigenvalue weighted by Crippen LogP contribution is -2.42. The number of unbranched alkanes of at least 4 members (excludes halogenated alkanes) is 2. The molecule has 2 aliphatic heterocycles. The van der Waals surface area contributed by atoms with Crippen LogP contribution in [0.25, 0.3) is 11.1 Å². The van der Waals surface area contributed by atoms with E-state index in [2.05, 4.69) is 45.9 Å². The Bertz CT molecular complexity index is 1800. The Balaban J connectivity index is 1.03. The Kier molecular flexibility index (Phi) is 14.2. The average molecular weight is 735 g/mol. The average Bonchev–Trinajstić information content (AvgIpc) is 3.64. The first-order valence-electron chi connectivity index (χ1n) is 19.2. The van der Waals surface area contributed by atoms with Crippen molar-refractivity contribution in [3.63, 3.8) is 0 Å². The fourth-order valence-electron chi connectivity index (χ4n) is 7.44. The molecule has 2 heterocycles. The predicted molar refractivity (Wildman–Crippen MR) is 211 cm³/mol. The molecular formula is C44H54N4O6. The van der Waals surface area contributed by atoms with E-state index < -0.39 is 6.29 Å². The van der Waals surface area contributed by atoms with Gasteiger partial charge in [-0.05, 0) is 72.2 Å². The maximum absolute atomic E-state index is 12.8. The lowest BCUT2D eigenvalue weighted by Gasteiger charge is -2.38. The molecule has 0 aromatic heterocycles. The second kappa shape index (κ2) is 19.7. The number of hydrogen-bond acceptors (Lipinski definition) is 8. The summed E-state index contributed by atoms with van der Waals surface area (Å²) in [6, 6.07) is 32.0. The number of nitrogens with two attached hydrogens (primary N) is 1. The summed E-state index contributed by atoms with van der Waals surface area (Å²) >= 11 is 0. The van der Waals surface area contributed by atoms with Crippen LogP contribution in [0.1, 0.15) is 86.0 Å². The molecule has 2 fully saturated rings. The molecular weight excluding hydrogens is 681 g/mol. The van der Waals surface area contributed by atoms with Gasteiger partial charge in [0.2, 0.25) is 11.8 Å². The van der Waals surface area contributed by atoms with Crippen molar-refractivity contribution in [3.05, 3.63) is 119 Å². The number of rotatable bonds is 17. The topological polar surface area (TPSA) is 135 Å². The molecule has 2 saturated heterocycles. The summed E-state index contributed by atoms with van der Waals surface area (Å²) < 4.78 is 18.8. The number of likely N-dealkylation sites (tertiary alicyclic amines) is 1. The van der Waals surface area contributed by atoms with Crippen LogP contribution in [0, 0.1) is 0 Å². The summed E-state index contributed by atoms with van der Waals surface area (Å²) in [7, 11) is 1.77. The third-order valence-corrected chi connectivity index (χ3v) is 10.4. The SMILES string of the molecule is COCC1CCCN1CC1CC(c2ccc(CO)cc2)OC(c2ccc(-c3ccccc3CNC(=O)CCCCCC(=O)Nc3ccccc3N)cc2)O1. The van der Waals surface area contributed by atoms with E-state index in [1.54, 1.807) is 19.2 Å². The molecule has 10 heteroatoms. The summed E-state index contributed by atoms with van der Waals surface area (Å²) in [6.45, 7) is 3.01. The van der Waals surface area contributed by atoms with Crippen molar-refractivity contribution in [1.82, 2.24) is 10.2 Å². The number of aliphatic hydroxyl groups excluding tert-OH is 1. The van der Waals surface area contributed by atoms with Gasteiger partial charge in [-0.15, -0.1) is 0 Å². The van der Waals surface area contributed by atoms with E-state index in [9.17, 15) is 14.7 Å². The molecule has 0 bridgehead atoms. The van der Waals surface area contributed by atoms with Gasteiger partial charge in [-0.25, -0.2) is 0 Å². The molecule has 2 amide bonds. The lowest BCUT2D eigenvalue weighted by molar-refractivity contribution is -0.253. The minimum absolute atomic E-state index is 0.00736. The van der Waals surface area contributed by atoms with Crippen LogP contribution in [0.3, 0.4) is 0 Å². The molecule has 0 radical (unpaired) electrons. The summed E-state index contributed by atoms with van der Waals surface area (Å²) in [5, 5.41) is 15.5. The maximum atomic E-state index is 12.8. The Hall–Kier alpha value is -4.58. The van der Waals surface area contributed by atoms with Gasteiger partial charge in [0.05, 0.1) is 36.8 Å². The van der Waals surface area contributed by atoms with E-state index in [-0.39, 0.29) is 30.6 Å². The molecule has 286 valence electrons. The molecule has 0 saturated carbocycles. The highest BCUT2D eigenvalue weighted by atomic mass is 16.7. The van der Waals surface area contributed by atoms with Crippen LogP contribution in [0.5, 0.6) is 0 Å². The number of hydrogen-bond donors (Lipinski definition) is 4. The first-order chi connectivity index (χ1) is 26.4. The number of para-hydroxylation sites is 2. The molecule has 4 aromatic carbocycles. The van der Waals surface area contributed by atoms with Gasteiger partial charge in [0.25, 0.3) is 0 Å². The second-order valence-electron chi connectivity index (χ2n) is 14.3. The van der Waals surface area contributed by atoms with Gasteiger partial charge < -0.3 is 35.7 Å². The van der Waals surface area contributed by atoms with Gasteiger partial charge >= 0.3 is 0 Å². The van der Waals surface area contributed by atoms with E-state index in [0.717, 1.165) is 78.8 Å². The van der Waals surface area contributed by atoms with Gasteiger partial charge in [0.1, 0.15) is 0 Å². The zero-order valence-corrected chi connectivity index (χ0v) is 31.3. The molecule has 0 aliphatic carbocycles. The number of anilines is 2. The van der Waals surface area contributed by atoms with Gasteiger partial charge in [-0.2, -0.15) is 0 Å². The molecule has 54 heavy (non-hydrogen) atoms. The Morgan fingerprint density at radius 2 is 1.59 bits per heavy atom. The van der Waals surface area contributed by atoms with Crippen LogP contribution in [-0.2, 0) is 37.0 Å². The first-order valence-corrected chi connectivity index (χ1v) is 19.2. The quantitative estimate of drug-likeness (QED) is 0.0657. The molecule has 10 nitrogen and oxygen atoms in total. The second-order valence-corrected chi connectivity index (χ2v) is 14.3. The first kappa shape index (κ1) is 39.1. The highest BCUT2D eigenvalue weighted by molar-refractivity contribution is 5.93. The number of carbonyl (C=O) groups excluding carboxylic acids is 2. The molecule has 4 unspecified atom stereocenters. The zero-order valence-electron chi connectivity index (χ0n) is 31.3. The van der Waals surface area contributed by atoms with Crippen molar-refractivity contribution in [1.29, 1.82) is 0 Å². The number of nitrogens with one attached hydrogen (secondary N) is 2. The number of aliphatic hydroxyl groups is 1. The Morgan fingerprint density at radius 1 is 0.870 bits per heavy atom. The van der Waals surface area contributed by atoms with Crippen molar-refractivity contribution >= 4 is 23.2 Å². The maximum Gasteiger partial charge on any atom is 0.224 e. The van der Waals surface area contributed by atoms with E-state index in [1.165, 1.54) is 0 Å². The van der Waals surface area contributed by atoms with Crippen molar-refractivity contribution in [2.24, 2.45) is 0 Å².